The number of nitrogens with one attached hydrogen (secondary N) is 2. The molecule has 2 rings (SSSR count). The molecule has 2 atom stereocenters. The molecular weight excluding hydrogens is 342 g/mol. The van der Waals surface area contributed by atoms with Gasteiger partial charge in [-0.1, -0.05) is 18.2 Å². The van der Waals surface area contributed by atoms with Gasteiger partial charge in [0.15, 0.2) is 6.10 Å². The molecule has 4 N–H and O–H groups in total. The van der Waals surface area contributed by atoms with E-state index in [0.717, 1.165) is 10.9 Å². The van der Waals surface area contributed by atoms with Gasteiger partial charge in [0.2, 0.25) is 5.78 Å². The highest BCUT2D eigenvalue weighted by atomic mass is 32.2. The van der Waals surface area contributed by atoms with E-state index < -0.39 is 24.1 Å². The number of amides is 2. The van der Waals surface area contributed by atoms with Gasteiger partial charge in [0, 0.05) is 22.7 Å². The number of fused-ring (bicyclic) bond motifs is 1. The molecule has 134 valence electrons. The molecule has 7 nitrogen and oxygen atoms in total. The molecule has 2 amide bonds. The number of H-pyrrole nitrogens is 1. The Balaban J connectivity index is 2.08. The maximum Gasteiger partial charge on any atom is 0.329 e. The van der Waals surface area contributed by atoms with Crippen molar-refractivity contribution < 1.29 is 19.1 Å². The molecule has 0 saturated carbocycles. The molecule has 0 bridgehead atoms. The zero-order valence-electron chi connectivity index (χ0n) is 14.1. The van der Waals surface area contributed by atoms with E-state index in [1.165, 1.54) is 18.7 Å². The standard InChI is InChI=1S/C17H21N3O4S/c1-10(24-16(22)14(7-8-25-2)20-17(18)23)15(21)12-9-19-13-6-4-3-5-11(12)13/h3-6,9-10,14,19H,7-8H2,1-2H3,(H3,18,20,23)/t10-,14-/m0/s1. The van der Waals surface area contributed by atoms with Gasteiger partial charge in [-0.15, -0.1) is 0 Å². The first-order chi connectivity index (χ1) is 11.9. The second-order valence-electron chi connectivity index (χ2n) is 5.53. The minimum atomic E-state index is -0.974. The number of urea groups is 1. The Morgan fingerprint density at radius 1 is 1.32 bits per heavy atom. The third-order valence-corrected chi connectivity index (χ3v) is 4.37. The molecule has 1 aromatic heterocycles. The minimum absolute atomic E-state index is 0.312. The number of rotatable bonds is 8. The van der Waals surface area contributed by atoms with Crippen molar-refractivity contribution >= 4 is 40.4 Å². The van der Waals surface area contributed by atoms with Crippen molar-refractivity contribution in [3.8, 4) is 0 Å². The molecule has 0 radical (unpaired) electrons. The summed E-state index contributed by atoms with van der Waals surface area (Å²) in [6.45, 7) is 1.51. The lowest BCUT2D eigenvalue weighted by Crippen LogP contribution is -2.46. The number of ether oxygens (including phenoxy) is 1. The number of esters is 1. The number of hydrogen-bond acceptors (Lipinski definition) is 5. The predicted octanol–water partition coefficient (Wildman–Crippen LogP) is 2.07. The Labute approximate surface area is 149 Å². The van der Waals surface area contributed by atoms with E-state index in [-0.39, 0.29) is 5.78 Å². The van der Waals surface area contributed by atoms with Gasteiger partial charge in [-0.2, -0.15) is 11.8 Å². The molecule has 0 aliphatic rings. The Morgan fingerprint density at radius 3 is 2.72 bits per heavy atom. The summed E-state index contributed by atoms with van der Waals surface area (Å²) in [6.07, 6.45) is 2.88. The van der Waals surface area contributed by atoms with E-state index >= 15 is 0 Å². The van der Waals surface area contributed by atoms with Crippen molar-refractivity contribution in [2.45, 2.75) is 25.5 Å². The highest BCUT2D eigenvalue weighted by molar-refractivity contribution is 7.98. The zero-order chi connectivity index (χ0) is 18.4. The van der Waals surface area contributed by atoms with Crippen LogP contribution in [0.25, 0.3) is 10.9 Å². The van der Waals surface area contributed by atoms with Gasteiger partial charge < -0.3 is 20.8 Å². The molecule has 2 aromatic rings. The molecule has 25 heavy (non-hydrogen) atoms. The van der Waals surface area contributed by atoms with E-state index in [1.54, 1.807) is 6.20 Å². The summed E-state index contributed by atoms with van der Waals surface area (Å²) in [5, 5.41) is 3.12. The van der Waals surface area contributed by atoms with Crippen LogP contribution in [-0.2, 0) is 9.53 Å². The maximum absolute atomic E-state index is 12.6. The predicted molar refractivity (Wildman–Crippen MR) is 97.7 cm³/mol. The summed E-state index contributed by atoms with van der Waals surface area (Å²) in [6, 6.07) is 5.70. The van der Waals surface area contributed by atoms with E-state index in [2.05, 4.69) is 10.3 Å². The number of aromatic amines is 1. The summed E-state index contributed by atoms with van der Waals surface area (Å²) in [5.74, 6) is -0.341. The number of aromatic nitrogens is 1. The zero-order valence-corrected chi connectivity index (χ0v) is 14.9. The minimum Gasteiger partial charge on any atom is -0.453 e. The number of carbonyl (C=O) groups is 3. The lowest BCUT2D eigenvalue weighted by Gasteiger charge is -2.19. The molecule has 0 aliphatic carbocycles. The van der Waals surface area contributed by atoms with E-state index in [4.69, 9.17) is 10.5 Å². The van der Waals surface area contributed by atoms with Crippen LogP contribution in [0.2, 0.25) is 0 Å². The van der Waals surface area contributed by atoms with Gasteiger partial charge in [0.05, 0.1) is 0 Å². The van der Waals surface area contributed by atoms with Crippen molar-refractivity contribution in [1.82, 2.24) is 10.3 Å². The molecular formula is C17H21N3O4S. The van der Waals surface area contributed by atoms with Crippen LogP contribution in [0, 0.1) is 0 Å². The van der Waals surface area contributed by atoms with Crippen LogP contribution in [0.4, 0.5) is 4.79 Å². The smallest absolute Gasteiger partial charge is 0.329 e. The summed E-state index contributed by atoms with van der Waals surface area (Å²) >= 11 is 1.53. The SMILES string of the molecule is CSCC[C@H](NC(N)=O)C(=O)O[C@@H](C)C(=O)c1c[nH]c2ccccc12. The second-order valence-corrected chi connectivity index (χ2v) is 6.52. The van der Waals surface area contributed by atoms with Gasteiger partial charge in [0.25, 0.3) is 0 Å². The van der Waals surface area contributed by atoms with Gasteiger partial charge in [-0.3, -0.25) is 4.79 Å². The topological polar surface area (TPSA) is 114 Å². The molecule has 0 saturated heterocycles. The van der Waals surface area contributed by atoms with Crippen molar-refractivity contribution in [1.29, 1.82) is 0 Å². The van der Waals surface area contributed by atoms with Crippen molar-refractivity contribution in [2.75, 3.05) is 12.0 Å². The fourth-order valence-electron chi connectivity index (χ4n) is 2.46. The number of benzene rings is 1. The van der Waals surface area contributed by atoms with Crippen molar-refractivity contribution in [3.63, 3.8) is 0 Å². The van der Waals surface area contributed by atoms with Gasteiger partial charge in [0.1, 0.15) is 6.04 Å². The van der Waals surface area contributed by atoms with Crippen LogP contribution in [0.15, 0.2) is 30.5 Å². The number of primary amides is 1. The highest BCUT2D eigenvalue weighted by Gasteiger charge is 2.27. The fraction of sp³-hybridized carbons (Fsp3) is 0.353. The first-order valence-electron chi connectivity index (χ1n) is 7.79. The molecule has 0 spiro atoms. The number of para-hydroxylation sites is 1. The Bertz CT molecular complexity index is 774. The quantitative estimate of drug-likeness (QED) is 0.491. The van der Waals surface area contributed by atoms with Crippen LogP contribution in [0.5, 0.6) is 0 Å². The van der Waals surface area contributed by atoms with E-state index in [1.807, 2.05) is 30.5 Å². The molecule has 1 aromatic carbocycles. The van der Waals surface area contributed by atoms with Crippen molar-refractivity contribution in [2.24, 2.45) is 5.73 Å². The monoisotopic (exact) mass is 363 g/mol. The average molecular weight is 363 g/mol. The van der Waals surface area contributed by atoms with Crippen LogP contribution in [0.3, 0.4) is 0 Å². The number of carbonyl (C=O) groups excluding carboxylic acids is 3. The number of nitrogens with two attached hydrogens (primary N) is 1. The molecule has 8 heteroatoms. The van der Waals surface area contributed by atoms with Gasteiger partial charge in [-0.25, -0.2) is 9.59 Å². The summed E-state index contributed by atoms with van der Waals surface area (Å²) in [5.41, 5.74) is 6.39. The third-order valence-electron chi connectivity index (χ3n) is 3.73. The average Bonchev–Trinajstić information content (AvgIpc) is 3.01. The molecule has 0 unspecified atom stereocenters. The largest absolute Gasteiger partial charge is 0.453 e. The highest BCUT2D eigenvalue weighted by Crippen LogP contribution is 2.20. The molecule has 0 fully saturated rings. The maximum atomic E-state index is 12.6. The Morgan fingerprint density at radius 2 is 2.04 bits per heavy atom. The third kappa shape index (κ3) is 4.76. The summed E-state index contributed by atoms with van der Waals surface area (Å²) < 4.78 is 5.26. The Kier molecular flexibility index (Phi) is 6.46. The number of Topliss-reactive ketones (excluding diaryl/α,β-unsaturated/α-hetero) is 1. The second kappa shape index (κ2) is 8.57. The van der Waals surface area contributed by atoms with E-state index in [9.17, 15) is 14.4 Å². The normalized spacial score (nSPS) is 13.2. The first kappa shape index (κ1) is 18.9. The van der Waals surface area contributed by atoms with Crippen LogP contribution >= 0.6 is 11.8 Å². The first-order valence-corrected chi connectivity index (χ1v) is 9.19. The Hall–Kier alpha value is -2.48. The summed E-state index contributed by atoms with van der Waals surface area (Å²) in [4.78, 5) is 38.9. The van der Waals surface area contributed by atoms with Crippen LogP contribution in [0.1, 0.15) is 23.7 Å². The summed E-state index contributed by atoms with van der Waals surface area (Å²) in [7, 11) is 0. The fourth-order valence-corrected chi connectivity index (χ4v) is 2.93. The van der Waals surface area contributed by atoms with Crippen LogP contribution < -0.4 is 11.1 Å². The van der Waals surface area contributed by atoms with E-state index in [0.29, 0.717) is 17.7 Å². The van der Waals surface area contributed by atoms with Crippen molar-refractivity contribution in [3.05, 3.63) is 36.0 Å². The number of ketones is 1. The number of hydrogen-bond donors (Lipinski definition) is 3. The van der Waals surface area contributed by atoms with Crippen LogP contribution in [-0.4, -0.2) is 46.9 Å². The lowest BCUT2D eigenvalue weighted by atomic mass is 10.1. The number of thioether (sulfide) groups is 1. The van der Waals surface area contributed by atoms with Gasteiger partial charge >= 0.3 is 12.0 Å². The molecule has 0 aliphatic heterocycles. The van der Waals surface area contributed by atoms with Gasteiger partial charge in [-0.05, 0) is 31.4 Å². The lowest BCUT2D eigenvalue weighted by molar-refractivity contribution is -0.148. The molecule has 1 heterocycles.